The summed E-state index contributed by atoms with van der Waals surface area (Å²) in [4.78, 5) is 27.0. The third kappa shape index (κ3) is 5.34. The molecule has 8 nitrogen and oxygen atoms in total. The van der Waals surface area contributed by atoms with Gasteiger partial charge in [-0.25, -0.2) is 9.37 Å². The lowest BCUT2D eigenvalue weighted by Gasteiger charge is -2.16. The van der Waals surface area contributed by atoms with Gasteiger partial charge in [-0.2, -0.15) is 13.2 Å². The van der Waals surface area contributed by atoms with Crippen LogP contribution in [-0.2, 0) is 6.18 Å². The van der Waals surface area contributed by atoms with Crippen molar-refractivity contribution in [3.05, 3.63) is 81.3 Å². The molecule has 0 unspecified atom stereocenters. The van der Waals surface area contributed by atoms with Crippen molar-refractivity contribution in [1.82, 2.24) is 4.98 Å². The molecule has 12 heteroatoms. The fourth-order valence-electron chi connectivity index (χ4n) is 2.79. The molecule has 0 aliphatic heterocycles. The number of carbonyl (C=O) groups excluding carboxylic acids is 1. The normalized spacial score (nSPS) is 11.1. The molecule has 1 aromatic heterocycles. The van der Waals surface area contributed by atoms with E-state index in [1.807, 2.05) is 0 Å². The lowest BCUT2D eigenvalue weighted by Crippen LogP contribution is -2.15. The van der Waals surface area contributed by atoms with Crippen LogP contribution in [0.5, 0.6) is 17.4 Å². The van der Waals surface area contributed by atoms with E-state index >= 15 is 0 Å². The lowest BCUT2D eigenvalue weighted by molar-refractivity contribution is -0.384. The van der Waals surface area contributed by atoms with E-state index in [1.165, 1.54) is 20.1 Å². The Balaban J connectivity index is 2.05. The molecule has 0 bridgehead atoms. The summed E-state index contributed by atoms with van der Waals surface area (Å²) in [5.74, 6) is -2.08. The molecule has 3 aromatic rings. The molecule has 0 aliphatic carbocycles. The quantitative estimate of drug-likeness (QED) is 0.293. The summed E-state index contributed by atoms with van der Waals surface area (Å²) >= 11 is 0. The number of alkyl halides is 3. The molecule has 0 saturated heterocycles. The first kappa shape index (κ1) is 23.4. The highest BCUT2D eigenvalue weighted by Gasteiger charge is 2.32. The summed E-state index contributed by atoms with van der Waals surface area (Å²) in [6, 6.07) is 6.59. The molecule has 0 radical (unpaired) electrons. The van der Waals surface area contributed by atoms with Crippen molar-refractivity contribution >= 4 is 17.3 Å². The molecule has 3 rings (SSSR count). The average Bonchev–Trinajstić information content (AvgIpc) is 2.74. The van der Waals surface area contributed by atoms with Gasteiger partial charge < -0.3 is 14.8 Å². The molecular weight excluding hydrogens is 450 g/mol. The molecule has 0 spiro atoms. The highest BCUT2D eigenvalue weighted by molar-refractivity contribution is 6.07. The number of carbonyl (C=O) groups is 1. The fraction of sp³-hybridized carbons (Fsp3) is 0.143. The molecule has 1 N–H and O–H groups in total. The minimum absolute atomic E-state index is 0.0151. The van der Waals surface area contributed by atoms with Crippen molar-refractivity contribution in [3.63, 3.8) is 0 Å². The predicted octanol–water partition coefficient (Wildman–Crippen LogP) is 5.51. The zero-order valence-electron chi connectivity index (χ0n) is 17.1. The van der Waals surface area contributed by atoms with Gasteiger partial charge in [0.05, 0.1) is 23.2 Å². The van der Waals surface area contributed by atoms with E-state index in [-0.39, 0.29) is 28.4 Å². The van der Waals surface area contributed by atoms with Crippen LogP contribution in [0.3, 0.4) is 0 Å². The van der Waals surface area contributed by atoms with Gasteiger partial charge in [0.15, 0.2) is 0 Å². The maximum absolute atomic E-state index is 13.4. The Kier molecular flexibility index (Phi) is 6.47. The minimum atomic E-state index is -4.73. The van der Waals surface area contributed by atoms with Crippen molar-refractivity contribution in [2.24, 2.45) is 0 Å². The van der Waals surface area contributed by atoms with Gasteiger partial charge in [0.2, 0.25) is 5.88 Å². The Hall–Kier alpha value is -4.22. The summed E-state index contributed by atoms with van der Waals surface area (Å²) in [5.41, 5.74) is -2.02. The van der Waals surface area contributed by atoms with Gasteiger partial charge in [-0.05, 0) is 48.9 Å². The van der Waals surface area contributed by atoms with Gasteiger partial charge in [0, 0.05) is 6.07 Å². The Morgan fingerprint density at radius 3 is 2.45 bits per heavy atom. The first-order valence-corrected chi connectivity index (χ1v) is 9.14. The molecule has 33 heavy (non-hydrogen) atoms. The van der Waals surface area contributed by atoms with E-state index in [1.54, 1.807) is 0 Å². The molecule has 1 amide bonds. The van der Waals surface area contributed by atoms with Gasteiger partial charge in [0.25, 0.3) is 5.91 Å². The maximum atomic E-state index is 13.4. The van der Waals surface area contributed by atoms with E-state index in [4.69, 9.17) is 9.47 Å². The number of aryl methyl sites for hydroxylation is 1. The number of rotatable bonds is 6. The van der Waals surface area contributed by atoms with Crippen LogP contribution in [0.15, 0.2) is 48.7 Å². The van der Waals surface area contributed by atoms with Gasteiger partial charge in [-0.1, -0.05) is 0 Å². The largest absolute Gasteiger partial charge is 0.481 e. The highest BCUT2D eigenvalue weighted by atomic mass is 19.4. The zero-order chi connectivity index (χ0) is 24.3. The SMILES string of the molecule is COc1cc(NC(=O)c2ccc(C(F)(F)F)cc2Oc2ccc(F)cc2C)c([N+](=O)[O-])cn1. The smallest absolute Gasteiger partial charge is 0.416 e. The van der Waals surface area contributed by atoms with Crippen LogP contribution in [0, 0.1) is 22.9 Å². The number of ether oxygens (including phenoxy) is 2. The number of halogens is 4. The Bertz CT molecular complexity index is 1230. The van der Waals surface area contributed by atoms with Crippen LogP contribution in [0.4, 0.5) is 28.9 Å². The second-order valence-electron chi connectivity index (χ2n) is 6.68. The van der Waals surface area contributed by atoms with Crippen LogP contribution in [0.25, 0.3) is 0 Å². The van der Waals surface area contributed by atoms with Crippen molar-refractivity contribution in [2.75, 3.05) is 12.4 Å². The van der Waals surface area contributed by atoms with E-state index in [9.17, 15) is 32.5 Å². The number of hydrogen-bond donors (Lipinski definition) is 1. The summed E-state index contributed by atoms with van der Waals surface area (Å²) in [5, 5.41) is 13.5. The van der Waals surface area contributed by atoms with Crippen molar-refractivity contribution < 1.29 is 36.8 Å². The van der Waals surface area contributed by atoms with Crippen LogP contribution in [-0.4, -0.2) is 22.9 Å². The lowest BCUT2D eigenvalue weighted by atomic mass is 10.1. The monoisotopic (exact) mass is 465 g/mol. The van der Waals surface area contributed by atoms with E-state index in [0.717, 1.165) is 30.5 Å². The van der Waals surface area contributed by atoms with Crippen molar-refractivity contribution in [3.8, 4) is 17.4 Å². The number of anilines is 1. The van der Waals surface area contributed by atoms with Gasteiger partial charge >= 0.3 is 11.9 Å². The first-order chi connectivity index (χ1) is 15.5. The molecule has 1 heterocycles. The van der Waals surface area contributed by atoms with Gasteiger partial charge in [-0.15, -0.1) is 0 Å². The van der Waals surface area contributed by atoms with Crippen molar-refractivity contribution in [2.45, 2.75) is 13.1 Å². The Labute approximate surface area is 183 Å². The molecule has 0 atom stereocenters. The first-order valence-electron chi connectivity index (χ1n) is 9.14. The van der Waals surface area contributed by atoms with Crippen LogP contribution in [0.1, 0.15) is 21.5 Å². The summed E-state index contributed by atoms with van der Waals surface area (Å²) < 4.78 is 63.5. The summed E-state index contributed by atoms with van der Waals surface area (Å²) in [6.45, 7) is 1.47. The number of methoxy groups -OCH3 is 1. The second-order valence-corrected chi connectivity index (χ2v) is 6.68. The predicted molar refractivity (Wildman–Crippen MR) is 108 cm³/mol. The third-order valence-corrected chi connectivity index (χ3v) is 4.42. The second kappa shape index (κ2) is 9.10. The van der Waals surface area contributed by atoms with Crippen molar-refractivity contribution in [1.29, 1.82) is 0 Å². The van der Waals surface area contributed by atoms with Gasteiger partial charge in [0.1, 0.15) is 29.2 Å². The third-order valence-electron chi connectivity index (χ3n) is 4.42. The number of benzene rings is 2. The van der Waals surface area contributed by atoms with Crippen LogP contribution < -0.4 is 14.8 Å². The topological polar surface area (TPSA) is 104 Å². The Morgan fingerprint density at radius 2 is 1.85 bits per heavy atom. The molecule has 0 aliphatic rings. The molecular formula is C21H15F4N3O5. The van der Waals surface area contributed by atoms with Gasteiger partial charge in [-0.3, -0.25) is 14.9 Å². The van der Waals surface area contributed by atoms with Crippen LogP contribution >= 0.6 is 0 Å². The number of pyridine rings is 1. The molecule has 0 fully saturated rings. The number of nitro groups is 1. The number of amides is 1. The fourth-order valence-corrected chi connectivity index (χ4v) is 2.79. The molecule has 0 saturated carbocycles. The number of aromatic nitrogens is 1. The highest BCUT2D eigenvalue weighted by Crippen LogP contribution is 2.36. The van der Waals surface area contributed by atoms with E-state index in [0.29, 0.717) is 12.1 Å². The molecule has 172 valence electrons. The molecule has 2 aromatic carbocycles. The standard InChI is InChI=1S/C21H15F4N3O5/c1-11-7-13(22)4-6-17(11)33-18-8-12(21(23,24)25)3-5-14(18)20(29)27-15-9-19(32-2)26-10-16(15)28(30)31/h3-10H,1-2H3,(H,26,27,29). The zero-order valence-corrected chi connectivity index (χ0v) is 17.1. The minimum Gasteiger partial charge on any atom is -0.481 e. The van der Waals surface area contributed by atoms with E-state index < -0.39 is 39.8 Å². The summed E-state index contributed by atoms with van der Waals surface area (Å²) in [7, 11) is 1.26. The Morgan fingerprint density at radius 1 is 1.12 bits per heavy atom. The maximum Gasteiger partial charge on any atom is 0.416 e. The average molecular weight is 465 g/mol. The number of hydrogen-bond acceptors (Lipinski definition) is 6. The number of nitrogens with zero attached hydrogens (tertiary/aromatic N) is 2. The van der Waals surface area contributed by atoms with E-state index in [2.05, 4.69) is 10.3 Å². The number of nitrogens with one attached hydrogen (secondary N) is 1. The van der Waals surface area contributed by atoms with Crippen LogP contribution in [0.2, 0.25) is 0 Å². The summed E-state index contributed by atoms with van der Waals surface area (Å²) in [6.07, 6.45) is -3.87.